The van der Waals surface area contributed by atoms with Crippen LogP contribution in [0.5, 0.6) is 0 Å². The van der Waals surface area contributed by atoms with Crippen LogP contribution in [0, 0.1) is 12.7 Å². The summed E-state index contributed by atoms with van der Waals surface area (Å²) in [5.41, 5.74) is 2.85. The maximum Gasteiger partial charge on any atom is 0.191 e. The molecule has 0 spiro atoms. The van der Waals surface area contributed by atoms with Crippen LogP contribution in [0.3, 0.4) is 0 Å². The third-order valence-corrected chi connectivity index (χ3v) is 5.59. The van der Waals surface area contributed by atoms with E-state index in [1.807, 2.05) is 37.3 Å². The molecular weight excluding hydrogens is 353 g/mol. The monoisotopic (exact) mass is 379 g/mol. The number of aromatic nitrogens is 2. The van der Waals surface area contributed by atoms with Crippen molar-refractivity contribution in [3.8, 4) is 0 Å². The minimum Gasteiger partial charge on any atom is -0.356 e. The van der Waals surface area contributed by atoms with Gasteiger partial charge in [-0.3, -0.25) is 4.99 Å². The summed E-state index contributed by atoms with van der Waals surface area (Å²) in [6.45, 7) is 4.23. The maximum absolute atomic E-state index is 14.2. The summed E-state index contributed by atoms with van der Waals surface area (Å²) in [7, 11) is 1.76. The molecule has 4 rings (SSSR count). The minimum absolute atomic E-state index is 0.111. The molecule has 5 nitrogen and oxygen atoms in total. The second kappa shape index (κ2) is 7.62. The summed E-state index contributed by atoms with van der Waals surface area (Å²) in [6.07, 6.45) is 2.00. The van der Waals surface area contributed by atoms with Gasteiger partial charge in [0.1, 0.15) is 11.6 Å². The molecule has 0 unspecified atom stereocenters. The molecule has 1 aliphatic carbocycles. The molecule has 0 aliphatic heterocycles. The van der Waals surface area contributed by atoms with Crippen LogP contribution < -0.4 is 10.6 Å². The minimum atomic E-state index is -0.118. The molecule has 146 valence electrons. The van der Waals surface area contributed by atoms with Crippen LogP contribution in [0.1, 0.15) is 24.2 Å². The molecule has 0 saturated heterocycles. The molecule has 0 amide bonds. The lowest BCUT2D eigenvalue weighted by Gasteiger charge is -2.19. The van der Waals surface area contributed by atoms with Crippen LogP contribution in [-0.2, 0) is 12.0 Å². The Morgan fingerprint density at radius 2 is 1.89 bits per heavy atom. The Balaban J connectivity index is 1.34. The normalized spacial score (nSPS) is 15.6. The van der Waals surface area contributed by atoms with Crippen molar-refractivity contribution in [3.63, 3.8) is 0 Å². The fraction of sp³-hybridized carbons (Fsp3) is 0.364. The average molecular weight is 379 g/mol. The smallest absolute Gasteiger partial charge is 0.191 e. The van der Waals surface area contributed by atoms with Crippen molar-refractivity contribution in [2.45, 2.75) is 31.7 Å². The van der Waals surface area contributed by atoms with Crippen molar-refractivity contribution >= 4 is 17.0 Å². The number of hydrogen-bond acceptors (Lipinski definition) is 2. The van der Waals surface area contributed by atoms with Gasteiger partial charge in [-0.15, -0.1) is 0 Å². The first kappa shape index (κ1) is 18.5. The summed E-state index contributed by atoms with van der Waals surface area (Å²) >= 11 is 0. The van der Waals surface area contributed by atoms with E-state index >= 15 is 0 Å². The summed E-state index contributed by atoms with van der Waals surface area (Å²) in [4.78, 5) is 8.92. The molecule has 28 heavy (non-hydrogen) atoms. The Kier molecular flexibility index (Phi) is 5.03. The van der Waals surface area contributed by atoms with Gasteiger partial charge in [0.05, 0.1) is 11.0 Å². The molecule has 0 bridgehead atoms. The first-order valence-electron chi connectivity index (χ1n) is 9.74. The second-order valence-electron chi connectivity index (χ2n) is 7.41. The van der Waals surface area contributed by atoms with Crippen LogP contribution in [0.15, 0.2) is 53.5 Å². The molecule has 1 saturated carbocycles. The van der Waals surface area contributed by atoms with Crippen molar-refractivity contribution in [3.05, 3.63) is 65.7 Å². The summed E-state index contributed by atoms with van der Waals surface area (Å²) in [5.74, 6) is 1.62. The van der Waals surface area contributed by atoms with Crippen molar-refractivity contribution in [2.75, 3.05) is 20.1 Å². The van der Waals surface area contributed by atoms with Crippen molar-refractivity contribution in [1.29, 1.82) is 0 Å². The first-order chi connectivity index (χ1) is 13.6. The molecule has 1 aliphatic rings. The van der Waals surface area contributed by atoms with Gasteiger partial charge in [0, 0.05) is 32.1 Å². The largest absolute Gasteiger partial charge is 0.356 e. The molecule has 3 aromatic rings. The molecule has 6 heteroatoms. The molecular formula is C22H26FN5. The lowest BCUT2D eigenvalue weighted by atomic mass is 9.95. The summed E-state index contributed by atoms with van der Waals surface area (Å²) in [5, 5.41) is 6.74. The van der Waals surface area contributed by atoms with E-state index in [2.05, 4.69) is 31.2 Å². The highest BCUT2D eigenvalue weighted by Crippen LogP contribution is 2.48. The number of nitrogens with zero attached hydrogens (tertiary/aromatic N) is 3. The fourth-order valence-electron chi connectivity index (χ4n) is 3.82. The molecule has 1 heterocycles. The van der Waals surface area contributed by atoms with Crippen LogP contribution >= 0.6 is 0 Å². The lowest BCUT2D eigenvalue weighted by molar-refractivity contribution is 0.558. The summed E-state index contributed by atoms with van der Waals surface area (Å²) < 4.78 is 16.4. The fourth-order valence-corrected chi connectivity index (χ4v) is 3.82. The highest BCUT2D eigenvalue weighted by molar-refractivity contribution is 5.80. The molecule has 2 aromatic carbocycles. The quantitative estimate of drug-likeness (QED) is 0.510. The summed E-state index contributed by atoms with van der Waals surface area (Å²) in [6, 6.07) is 15.2. The maximum atomic E-state index is 14.2. The third kappa shape index (κ3) is 3.59. The van der Waals surface area contributed by atoms with Crippen molar-refractivity contribution in [2.24, 2.45) is 4.99 Å². The van der Waals surface area contributed by atoms with Gasteiger partial charge in [-0.05, 0) is 43.5 Å². The number of benzene rings is 2. The predicted octanol–water partition coefficient (Wildman–Crippen LogP) is 3.38. The van der Waals surface area contributed by atoms with E-state index in [1.165, 1.54) is 0 Å². The number of hydrogen-bond donors (Lipinski definition) is 2. The number of para-hydroxylation sites is 2. The highest BCUT2D eigenvalue weighted by atomic mass is 19.1. The topological polar surface area (TPSA) is 54.2 Å². The number of aliphatic imine (C=N–C) groups is 1. The Morgan fingerprint density at radius 3 is 2.64 bits per heavy atom. The highest BCUT2D eigenvalue weighted by Gasteiger charge is 2.45. The van der Waals surface area contributed by atoms with E-state index in [1.54, 1.807) is 19.2 Å². The number of guanidine groups is 1. The van der Waals surface area contributed by atoms with Crippen LogP contribution in [-0.4, -0.2) is 35.6 Å². The number of aryl methyl sites for hydroxylation is 1. The predicted molar refractivity (Wildman–Crippen MR) is 111 cm³/mol. The van der Waals surface area contributed by atoms with E-state index < -0.39 is 0 Å². The van der Waals surface area contributed by atoms with Gasteiger partial charge >= 0.3 is 0 Å². The Labute approximate surface area is 164 Å². The molecule has 2 N–H and O–H groups in total. The van der Waals surface area contributed by atoms with Gasteiger partial charge in [-0.2, -0.15) is 0 Å². The van der Waals surface area contributed by atoms with Crippen LogP contribution in [0.2, 0.25) is 0 Å². The van der Waals surface area contributed by atoms with Crippen LogP contribution in [0.4, 0.5) is 4.39 Å². The lowest BCUT2D eigenvalue weighted by Crippen LogP contribution is -2.42. The van der Waals surface area contributed by atoms with Gasteiger partial charge in [-0.25, -0.2) is 9.37 Å². The van der Waals surface area contributed by atoms with Crippen molar-refractivity contribution in [1.82, 2.24) is 20.2 Å². The Hall–Kier alpha value is -2.89. The molecule has 0 radical (unpaired) electrons. The van der Waals surface area contributed by atoms with E-state index in [4.69, 9.17) is 0 Å². The number of halogens is 1. The van der Waals surface area contributed by atoms with E-state index in [0.29, 0.717) is 6.54 Å². The first-order valence-corrected chi connectivity index (χ1v) is 9.74. The standard InChI is InChI=1S/C22H26FN5/c1-16-27-19-9-5-6-10-20(19)28(16)14-13-25-21(24-2)26-15-22(11-12-22)17-7-3-4-8-18(17)23/h3-10H,11-15H2,1-2H3,(H2,24,25,26). The zero-order valence-electron chi connectivity index (χ0n) is 16.4. The van der Waals surface area contributed by atoms with Crippen LogP contribution in [0.25, 0.3) is 11.0 Å². The number of nitrogens with one attached hydrogen (secondary N) is 2. The van der Waals surface area contributed by atoms with Gasteiger partial charge in [0.2, 0.25) is 0 Å². The van der Waals surface area contributed by atoms with Gasteiger partial charge in [0.25, 0.3) is 0 Å². The Bertz CT molecular complexity index is 1000. The number of imidazole rings is 1. The van der Waals surface area contributed by atoms with Gasteiger partial charge in [0.15, 0.2) is 5.96 Å². The third-order valence-electron chi connectivity index (χ3n) is 5.59. The molecule has 1 aromatic heterocycles. The number of fused-ring (bicyclic) bond motifs is 1. The van der Waals surface area contributed by atoms with Crippen molar-refractivity contribution < 1.29 is 4.39 Å². The average Bonchev–Trinajstić information content (AvgIpc) is 3.42. The molecule has 1 fully saturated rings. The van der Waals surface area contributed by atoms with Gasteiger partial charge < -0.3 is 15.2 Å². The molecule has 0 atom stereocenters. The SMILES string of the molecule is CN=C(NCCn1c(C)nc2ccccc21)NCC1(c2ccccc2F)CC1. The zero-order valence-corrected chi connectivity index (χ0v) is 16.4. The second-order valence-corrected chi connectivity index (χ2v) is 7.41. The van der Waals surface area contributed by atoms with E-state index in [0.717, 1.165) is 54.3 Å². The van der Waals surface area contributed by atoms with Gasteiger partial charge in [-0.1, -0.05) is 30.3 Å². The number of rotatable bonds is 6. The van der Waals surface area contributed by atoms with E-state index in [-0.39, 0.29) is 11.2 Å². The Morgan fingerprint density at radius 1 is 1.14 bits per heavy atom. The van der Waals surface area contributed by atoms with E-state index in [9.17, 15) is 4.39 Å². The zero-order chi connectivity index (χ0) is 19.6.